The van der Waals surface area contributed by atoms with Crippen LogP contribution in [0, 0.1) is 6.92 Å². The molecule has 2 aliphatic rings. The summed E-state index contributed by atoms with van der Waals surface area (Å²) >= 11 is 0. The highest BCUT2D eigenvalue weighted by Crippen LogP contribution is 2.35. The van der Waals surface area contributed by atoms with E-state index in [4.69, 9.17) is 4.74 Å². The number of halogens is 2. The summed E-state index contributed by atoms with van der Waals surface area (Å²) in [5.74, 6) is -2.70. The Morgan fingerprint density at radius 3 is 2.83 bits per heavy atom. The van der Waals surface area contributed by atoms with E-state index in [0.717, 1.165) is 5.56 Å². The molecule has 23 heavy (non-hydrogen) atoms. The largest absolute Gasteiger partial charge is 0.383 e. The summed E-state index contributed by atoms with van der Waals surface area (Å²) in [4.78, 5) is 15.7. The molecule has 0 saturated carbocycles. The van der Waals surface area contributed by atoms with Crippen molar-refractivity contribution < 1.29 is 18.3 Å². The molecule has 3 heterocycles. The number of carbonyl (C=O) groups excluding carboxylic acids is 1. The highest BCUT2D eigenvalue weighted by molar-refractivity contribution is 5.76. The normalized spacial score (nSPS) is 24.9. The minimum atomic E-state index is -2.67. The quantitative estimate of drug-likeness (QED) is 0.801. The van der Waals surface area contributed by atoms with Gasteiger partial charge in [0.1, 0.15) is 6.54 Å². The van der Waals surface area contributed by atoms with Crippen LogP contribution in [-0.4, -0.2) is 76.8 Å². The van der Waals surface area contributed by atoms with E-state index >= 15 is 0 Å². The molecule has 128 valence electrons. The fourth-order valence-corrected chi connectivity index (χ4v) is 3.36. The molecule has 1 atom stereocenters. The number of ether oxygens (including phenoxy) is 1. The van der Waals surface area contributed by atoms with E-state index in [-0.39, 0.29) is 37.5 Å². The Balaban J connectivity index is 1.52. The number of likely N-dealkylation sites (tertiary alicyclic amines) is 2. The van der Waals surface area contributed by atoms with Gasteiger partial charge in [-0.1, -0.05) is 0 Å². The number of rotatable bonds is 5. The number of aromatic nitrogens is 2. The van der Waals surface area contributed by atoms with Gasteiger partial charge in [0.2, 0.25) is 5.91 Å². The zero-order valence-electron chi connectivity index (χ0n) is 13.4. The van der Waals surface area contributed by atoms with Gasteiger partial charge in [-0.2, -0.15) is 5.10 Å². The number of alkyl halides is 2. The third kappa shape index (κ3) is 3.53. The monoisotopic (exact) mass is 328 g/mol. The molecule has 2 saturated heterocycles. The summed E-state index contributed by atoms with van der Waals surface area (Å²) in [5, 5.41) is 4.09. The van der Waals surface area contributed by atoms with Gasteiger partial charge < -0.3 is 9.64 Å². The molecule has 3 rings (SSSR count). The van der Waals surface area contributed by atoms with Crippen LogP contribution in [0.2, 0.25) is 0 Å². The van der Waals surface area contributed by atoms with E-state index in [9.17, 15) is 13.6 Å². The Labute approximate surface area is 134 Å². The van der Waals surface area contributed by atoms with Crippen LogP contribution in [0.15, 0.2) is 12.4 Å². The second-order valence-corrected chi connectivity index (χ2v) is 6.51. The minimum Gasteiger partial charge on any atom is -0.383 e. The van der Waals surface area contributed by atoms with Gasteiger partial charge in [0.15, 0.2) is 0 Å². The zero-order chi connectivity index (χ0) is 16.6. The van der Waals surface area contributed by atoms with Crippen LogP contribution in [0.4, 0.5) is 8.78 Å². The van der Waals surface area contributed by atoms with Crippen LogP contribution in [0.5, 0.6) is 0 Å². The molecular formula is C15H22F2N4O2. The summed E-state index contributed by atoms with van der Waals surface area (Å²) in [6.07, 6.45) is 3.34. The maximum Gasteiger partial charge on any atom is 0.262 e. The number of carbonyl (C=O) groups is 1. The lowest BCUT2D eigenvalue weighted by atomic mass is 10.1. The van der Waals surface area contributed by atoms with Gasteiger partial charge in [0.05, 0.1) is 19.3 Å². The molecule has 1 aromatic heterocycles. The standard InChI is InChI=1S/C15H22F2N4O2/c1-11-4-18-20(5-11)8-14(22)19-6-13(7-19)21-10-15(16,17)3-12(21)9-23-2/h4-5,12-13H,3,6-10H2,1-2H3/t12-/m0/s1. The number of hydrogen-bond donors (Lipinski definition) is 0. The molecule has 0 N–H and O–H groups in total. The van der Waals surface area contributed by atoms with Gasteiger partial charge in [-0.25, -0.2) is 8.78 Å². The van der Waals surface area contributed by atoms with E-state index in [1.54, 1.807) is 20.7 Å². The number of hydrogen-bond acceptors (Lipinski definition) is 4. The maximum atomic E-state index is 13.6. The van der Waals surface area contributed by atoms with Crippen LogP contribution < -0.4 is 0 Å². The Hall–Kier alpha value is -1.54. The molecule has 0 aromatic carbocycles. The molecule has 2 fully saturated rings. The van der Waals surface area contributed by atoms with E-state index in [1.165, 1.54) is 7.11 Å². The molecule has 0 bridgehead atoms. The van der Waals surface area contributed by atoms with Crippen molar-refractivity contribution in [2.75, 3.05) is 33.4 Å². The van der Waals surface area contributed by atoms with Crippen LogP contribution in [0.1, 0.15) is 12.0 Å². The third-order valence-corrected chi connectivity index (χ3v) is 4.52. The molecular weight excluding hydrogens is 306 g/mol. The van der Waals surface area contributed by atoms with Crippen molar-refractivity contribution in [1.82, 2.24) is 19.6 Å². The summed E-state index contributed by atoms with van der Waals surface area (Å²) in [7, 11) is 1.53. The van der Waals surface area contributed by atoms with Gasteiger partial charge in [0, 0.05) is 44.9 Å². The molecule has 0 spiro atoms. The summed E-state index contributed by atoms with van der Waals surface area (Å²) in [5.41, 5.74) is 1.00. The van der Waals surface area contributed by atoms with Crippen molar-refractivity contribution in [2.24, 2.45) is 0 Å². The average molecular weight is 328 g/mol. The van der Waals surface area contributed by atoms with Gasteiger partial charge >= 0.3 is 0 Å². The van der Waals surface area contributed by atoms with Crippen LogP contribution in [0.3, 0.4) is 0 Å². The van der Waals surface area contributed by atoms with E-state index in [0.29, 0.717) is 19.7 Å². The lowest BCUT2D eigenvalue weighted by Crippen LogP contribution is -2.63. The fraction of sp³-hybridized carbons (Fsp3) is 0.733. The van der Waals surface area contributed by atoms with Crippen LogP contribution in [-0.2, 0) is 16.1 Å². The molecule has 1 amide bonds. The van der Waals surface area contributed by atoms with Crippen molar-refractivity contribution in [1.29, 1.82) is 0 Å². The molecule has 0 unspecified atom stereocenters. The molecule has 2 aliphatic heterocycles. The topological polar surface area (TPSA) is 50.6 Å². The Morgan fingerprint density at radius 2 is 2.22 bits per heavy atom. The maximum absolute atomic E-state index is 13.6. The first-order valence-electron chi connectivity index (χ1n) is 7.77. The van der Waals surface area contributed by atoms with Crippen molar-refractivity contribution in [3.8, 4) is 0 Å². The lowest BCUT2D eigenvalue weighted by Gasteiger charge is -2.45. The number of aryl methyl sites for hydroxylation is 1. The van der Waals surface area contributed by atoms with Gasteiger partial charge in [-0.05, 0) is 12.5 Å². The van der Waals surface area contributed by atoms with Crippen LogP contribution >= 0.6 is 0 Å². The van der Waals surface area contributed by atoms with Gasteiger partial charge in [-0.3, -0.25) is 14.4 Å². The molecule has 6 nitrogen and oxygen atoms in total. The predicted octanol–water partition coefficient (Wildman–Crippen LogP) is 0.758. The third-order valence-electron chi connectivity index (χ3n) is 4.52. The molecule has 1 aromatic rings. The highest BCUT2D eigenvalue weighted by Gasteiger charge is 2.50. The first-order valence-corrected chi connectivity index (χ1v) is 7.77. The van der Waals surface area contributed by atoms with Gasteiger partial charge in [0.25, 0.3) is 5.92 Å². The minimum absolute atomic E-state index is 0.00756. The van der Waals surface area contributed by atoms with Gasteiger partial charge in [-0.15, -0.1) is 0 Å². The Morgan fingerprint density at radius 1 is 1.48 bits per heavy atom. The predicted molar refractivity (Wildman–Crippen MR) is 79.3 cm³/mol. The smallest absolute Gasteiger partial charge is 0.262 e. The average Bonchev–Trinajstić information content (AvgIpc) is 2.92. The highest BCUT2D eigenvalue weighted by atomic mass is 19.3. The first-order chi connectivity index (χ1) is 10.9. The van der Waals surface area contributed by atoms with E-state index in [2.05, 4.69) is 5.10 Å². The molecule has 0 aliphatic carbocycles. The van der Waals surface area contributed by atoms with Crippen molar-refractivity contribution in [3.05, 3.63) is 18.0 Å². The summed E-state index contributed by atoms with van der Waals surface area (Å²) in [6, 6.07) is -0.280. The Bertz CT molecular complexity index is 572. The lowest BCUT2D eigenvalue weighted by molar-refractivity contribution is -0.140. The fourth-order valence-electron chi connectivity index (χ4n) is 3.36. The second kappa shape index (κ2) is 6.16. The van der Waals surface area contributed by atoms with Crippen molar-refractivity contribution in [2.45, 2.75) is 37.9 Å². The SMILES string of the molecule is COC[C@@H]1CC(F)(F)CN1C1CN(C(=O)Cn2cc(C)cn2)C1. The molecule has 8 heteroatoms. The summed E-state index contributed by atoms with van der Waals surface area (Å²) < 4.78 is 33.9. The van der Waals surface area contributed by atoms with E-state index in [1.807, 2.05) is 13.1 Å². The summed E-state index contributed by atoms with van der Waals surface area (Å²) in [6.45, 7) is 3.15. The first kappa shape index (κ1) is 16.3. The zero-order valence-corrected chi connectivity index (χ0v) is 13.4. The Kier molecular flexibility index (Phi) is 4.37. The van der Waals surface area contributed by atoms with Crippen molar-refractivity contribution >= 4 is 5.91 Å². The molecule has 0 radical (unpaired) electrons. The van der Waals surface area contributed by atoms with Crippen LogP contribution in [0.25, 0.3) is 0 Å². The van der Waals surface area contributed by atoms with E-state index < -0.39 is 5.92 Å². The number of nitrogens with zero attached hydrogens (tertiary/aromatic N) is 4. The number of methoxy groups -OCH3 is 1. The van der Waals surface area contributed by atoms with Crippen molar-refractivity contribution in [3.63, 3.8) is 0 Å². The second-order valence-electron chi connectivity index (χ2n) is 6.51. The number of amides is 1.